The van der Waals surface area contributed by atoms with E-state index in [0.29, 0.717) is 11.8 Å². The lowest BCUT2D eigenvalue weighted by Crippen LogP contribution is -2.11. The molecule has 1 heterocycles. The third kappa shape index (κ3) is 5.10. The number of carbonyl (C=O) groups excluding carboxylic acids is 1. The Hall–Kier alpha value is -2.33. The molecule has 0 bridgehead atoms. The summed E-state index contributed by atoms with van der Waals surface area (Å²) in [5.41, 5.74) is -3.71. The van der Waals surface area contributed by atoms with Crippen molar-refractivity contribution in [3.05, 3.63) is 37.9 Å². The van der Waals surface area contributed by atoms with Gasteiger partial charge in [-0.3, -0.25) is 30.3 Å². The fraction of sp³-hybridized carbons (Fsp3) is 0.182. The van der Waals surface area contributed by atoms with Crippen molar-refractivity contribution in [2.75, 3.05) is 10.6 Å². The number of hydrogen-bond acceptors (Lipinski definition) is 9. The Labute approximate surface area is 163 Å². The molecule has 0 saturated heterocycles. The highest BCUT2D eigenvalue weighted by molar-refractivity contribution is 9.09. The van der Waals surface area contributed by atoms with Crippen molar-refractivity contribution in [2.24, 2.45) is 0 Å². The van der Waals surface area contributed by atoms with Gasteiger partial charge >= 0.3 is 6.18 Å². The summed E-state index contributed by atoms with van der Waals surface area (Å²) in [6, 6.07) is 0.424. The lowest BCUT2D eigenvalue weighted by Gasteiger charge is -2.08. The number of halogens is 4. The van der Waals surface area contributed by atoms with Crippen LogP contribution in [0, 0.1) is 20.2 Å². The van der Waals surface area contributed by atoms with Crippen LogP contribution in [0.4, 0.5) is 29.7 Å². The van der Waals surface area contributed by atoms with Crippen LogP contribution in [0.3, 0.4) is 0 Å². The Balaban J connectivity index is 2.50. The number of alkyl halides is 4. The first kappa shape index (κ1) is 21.0. The topological polar surface area (TPSA) is 141 Å². The van der Waals surface area contributed by atoms with E-state index >= 15 is 0 Å². The van der Waals surface area contributed by atoms with Crippen LogP contribution < -0.4 is 5.32 Å². The maximum absolute atomic E-state index is 12.9. The molecule has 27 heavy (non-hydrogen) atoms. The van der Waals surface area contributed by atoms with Gasteiger partial charge in [-0.15, -0.1) is 10.2 Å². The molecule has 2 aromatic rings. The van der Waals surface area contributed by atoms with E-state index in [-0.39, 0.29) is 26.9 Å². The van der Waals surface area contributed by atoms with Crippen LogP contribution in [0.15, 0.2) is 21.4 Å². The highest BCUT2D eigenvalue weighted by Gasteiger charge is 2.38. The summed E-state index contributed by atoms with van der Waals surface area (Å²) in [4.78, 5) is 30.6. The van der Waals surface area contributed by atoms with Crippen molar-refractivity contribution in [3.8, 4) is 0 Å². The van der Waals surface area contributed by atoms with E-state index in [2.05, 4.69) is 31.4 Å². The molecule has 2 rings (SSSR count). The van der Waals surface area contributed by atoms with Gasteiger partial charge < -0.3 is 0 Å². The predicted octanol–water partition coefficient (Wildman–Crippen LogP) is 3.86. The minimum atomic E-state index is -5.01. The van der Waals surface area contributed by atoms with Gasteiger partial charge in [-0.1, -0.05) is 27.3 Å². The van der Waals surface area contributed by atoms with Crippen LogP contribution in [0.1, 0.15) is 5.56 Å². The number of hydrogen-bond donors (Lipinski definition) is 1. The number of amides is 1. The average Bonchev–Trinajstić information content (AvgIpc) is 3.00. The number of nitrogens with one attached hydrogen (secondary N) is 1. The molecule has 0 saturated carbocycles. The molecule has 0 aliphatic rings. The molecule has 0 radical (unpaired) electrons. The number of carbonyl (C=O) groups is 1. The summed E-state index contributed by atoms with van der Waals surface area (Å²) in [6.45, 7) is 0. The molecule has 0 spiro atoms. The molecule has 1 N–H and O–H groups in total. The van der Waals surface area contributed by atoms with Crippen LogP contribution in [0.5, 0.6) is 0 Å². The summed E-state index contributed by atoms with van der Waals surface area (Å²) < 4.78 is 38.6. The van der Waals surface area contributed by atoms with E-state index in [1.807, 2.05) is 0 Å². The number of nitro benzene ring substituents is 2. The number of anilines is 1. The number of nitro groups is 2. The van der Waals surface area contributed by atoms with E-state index in [9.17, 15) is 38.2 Å². The van der Waals surface area contributed by atoms with E-state index in [4.69, 9.17) is 0 Å². The molecular formula is C11H5BrF3N5O5S2. The van der Waals surface area contributed by atoms with Crippen molar-refractivity contribution < 1.29 is 27.8 Å². The Kier molecular flexibility index (Phi) is 6.32. The number of rotatable bonds is 6. The normalized spacial score (nSPS) is 11.3. The molecule has 0 atom stereocenters. The van der Waals surface area contributed by atoms with Gasteiger partial charge in [0, 0.05) is 12.1 Å². The first-order chi connectivity index (χ1) is 12.5. The molecule has 0 fully saturated rings. The van der Waals surface area contributed by atoms with E-state index in [1.54, 1.807) is 0 Å². The summed E-state index contributed by atoms with van der Waals surface area (Å²) in [7, 11) is 0. The third-order valence-electron chi connectivity index (χ3n) is 2.73. The van der Waals surface area contributed by atoms with Gasteiger partial charge in [0.05, 0.1) is 20.7 Å². The van der Waals surface area contributed by atoms with Crippen molar-refractivity contribution in [2.45, 2.75) is 15.4 Å². The van der Waals surface area contributed by atoms with Crippen LogP contribution in [0.25, 0.3) is 0 Å². The average molecular weight is 488 g/mol. The minimum Gasteiger partial charge on any atom is -0.300 e. The van der Waals surface area contributed by atoms with Crippen LogP contribution in [-0.4, -0.2) is 31.3 Å². The zero-order chi connectivity index (χ0) is 20.4. The second kappa shape index (κ2) is 8.13. The Morgan fingerprint density at radius 1 is 1.22 bits per heavy atom. The third-order valence-corrected chi connectivity index (χ3v) is 5.26. The van der Waals surface area contributed by atoms with Crippen molar-refractivity contribution in [1.82, 2.24) is 10.2 Å². The zero-order valence-electron chi connectivity index (χ0n) is 12.5. The van der Waals surface area contributed by atoms with Gasteiger partial charge in [0.2, 0.25) is 11.0 Å². The second-order valence-electron chi connectivity index (χ2n) is 4.51. The number of benzene rings is 1. The lowest BCUT2D eigenvalue weighted by atomic mass is 10.1. The van der Waals surface area contributed by atoms with E-state index < -0.39 is 43.8 Å². The van der Waals surface area contributed by atoms with Crippen molar-refractivity contribution in [3.63, 3.8) is 0 Å². The second-order valence-corrected chi connectivity index (χ2v) is 7.31. The van der Waals surface area contributed by atoms with Gasteiger partial charge in [0.1, 0.15) is 0 Å². The highest BCUT2D eigenvalue weighted by Crippen LogP contribution is 2.46. The Morgan fingerprint density at radius 2 is 1.78 bits per heavy atom. The fourth-order valence-corrected chi connectivity index (χ4v) is 3.70. The quantitative estimate of drug-likeness (QED) is 0.280. The smallest absolute Gasteiger partial charge is 0.300 e. The largest absolute Gasteiger partial charge is 0.416 e. The lowest BCUT2D eigenvalue weighted by molar-refractivity contribution is -0.400. The Bertz CT molecular complexity index is 887. The molecule has 1 amide bonds. The first-order valence-electron chi connectivity index (χ1n) is 6.44. The van der Waals surface area contributed by atoms with Gasteiger partial charge in [-0.25, -0.2) is 0 Å². The zero-order valence-corrected chi connectivity index (χ0v) is 15.7. The maximum Gasteiger partial charge on any atom is 0.416 e. The molecule has 144 valence electrons. The molecule has 16 heteroatoms. The molecule has 0 aliphatic carbocycles. The minimum absolute atomic E-state index is 0.0131. The maximum atomic E-state index is 12.9. The van der Waals surface area contributed by atoms with Crippen molar-refractivity contribution in [1.29, 1.82) is 0 Å². The first-order valence-corrected chi connectivity index (χ1v) is 9.19. The Morgan fingerprint density at radius 3 is 2.22 bits per heavy atom. The van der Waals surface area contributed by atoms with Crippen LogP contribution >= 0.6 is 39.0 Å². The SMILES string of the molecule is O=C(CBr)Nc1nnc(Sc2c([N+](=O)[O-])cc(C(F)(F)F)cc2[N+](=O)[O-])s1. The van der Waals surface area contributed by atoms with Gasteiger partial charge in [0.15, 0.2) is 9.24 Å². The van der Waals surface area contributed by atoms with E-state index in [1.165, 1.54) is 0 Å². The summed E-state index contributed by atoms with van der Waals surface area (Å²) in [5, 5.41) is 31.8. The molecular weight excluding hydrogens is 483 g/mol. The molecule has 1 aromatic heterocycles. The van der Waals surface area contributed by atoms with Crippen LogP contribution in [-0.2, 0) is 11.0 Å². The molecule has 0 aliphatic heterocycles. The highest BCUT2D eigenvalue weighted by atomic mass is 79.9. The number of aromatic nitrogens is 2. The summed E-state index contributed by atoms with van der Waals surface area (Å²) in [5.74, 6) is -0.464. The van der Waals surface area contributed by atoms with Gasteiger partial charge in [-0.2, -0.15) is 13.2 Å². The summed E-state index contributed by atoms with van der Waals surface area (Å²) >= 11 is 4.05. The van der Waals surface area contributed by atoms with Gasteiger partial charge in [0.25, 0.3) is 11.4 Å². The van der Waals surface area contributed by atoms with Gasteiger partial charge in [-0.05, 0) is 11.8 Å². The fourth-order valence-electron chi connectivity index (χ4n) is 1.68. The van der Waals surface area contributed by atoms with E-state index in [0.717, 1.165) is 11.3 Å². The molecule has 10 nitrogen and oxygen atoms in total. The molecule has 0 unspecified atom stereocenters. The predicted molar refractivity (Wildman–Crippen MR) is 91.2 cm³/mol. The standard InChI is InChI=1S/C11H5BrF3N5O5S2/c12-3-7(21)16-9-17-18-10(27-9)26-8-5(19(22)23)1-4(11(13,14)15)2-6(8)20(24)25/h1-2H,3H2,(H,16,17,21). The van der Waals surface area contributed by atoms with Crippen LogP contribution in [0.2, 0.25) is 0 Å². The van der Waals surface area contributed by atoms with Crippen molar-refractivity contribution >= 4 is 61.4 Å². The molecule has 1 aromatic carbocycles. The monoisotopic (exact) mass is 487 g/mol. The number of nitrogens with zero attached hydrogens (tertiary/aromatic N) is 4. The summed E-state index contributed by atoms with van der Waals surface area (Å²) in [6.07, 6.45) is -5.01.